The smallest absolute Gasteiger partial charge is 0.255 e. The third-order valence-electron chi connectivity index (χ3n) is 4.32. The number of carbonyl (C=O) groups is 1. The molecule has 1 aliphatic heterocycles. The maximum absolute atomic E-state index is 13.8. The van der Waals surface area contributed by atoms with Crippen molar-refractivity contribution in [1.82, 2.24) is 14.8 Å². The molecule has 5 nitrogen and oxygen atoms in total. The molecule has 1 N–H and O–H groups in total. The first-order valence-corrected chi connectivity index (χ1v) is 8.26. The Hall–Kier alpha value is -2.54. The van der Waals surface area contributed by atoms with E-state index in [0.717, 1.165) is 19.6 Å². The monoisotopic (exact) mass is 346 g/mol. The number of halogens is 2. The minimum Gasteiger partial charge on any atom is -0.349 e. The summed E-state index contributed by atoms with van der Waals surface area (Å²) in [4.78, 5) is 20.7. The zero-order chi connectivity index (χ0) is 17.8. The Balaban J connectivity index is 1.74. The van der Waals surface area contributed by atoms with Gasteiger partial charge in [-0.3, -0.25) is 9.78 Å². The Morgan fingerprint density at radius 3 is 2.48 bits per heavy atom. The van der Waals surface area contributed by atoms with Gasteiger partial charge in [-0.25, -0.2) is 8.78 Å². The lowest BCUT2D eigenvalue weighted by atomic mass is 10.2. The van der Waals surface area contributed by atoms with Gasteiger partial charge >= 0.3 is 0 Å². The quantitative estimate of drug-likeness (QED) is 0.925. The zero-order valence-electron chi connectivity index (χ0n) is 14.0. The average molecular weight is 346 g/mol. The highest BCUT2D eigenvalue weighted by Gasteiger charge is 2.22. The van der Waals surface area contributed by atoms with Crippen LogP contribution in [0.2, 0.25) is 0 Å². The lowest BCUT2D eigenvalue weighted by Gasteiger charge is -2.34. The van der Waals surface area contributed by atoms with Gasteiger partial charge in [0.25, 0.3) is 5.91 Å². The highest BCUT2D eigenvalue weighted by Crippen LogP contribution is 2.23. The number of piperazine rings is 1. The molecular formula is C18H20F2N4O. The molecule has 0 atom stereocenters. The Bertz CT molecular complexity index is 740. The molecule has 25 heavy (non-hydrogen) atoms. The van der Waals surface area contributed by atoms with E-state index in [1.165, 1.54) is 30.6 Å². The first-order valence-electron chi connectivity index (χ1n) is 8.26. The molecule has 1 fully saturated rings. The molecule has 1 amide bonds. The van der Waals surface area contributed by atoms with Gasteiger partial charge in [0.05, 0.1) is 17.4 Å². The first-order chi connectivity index (χ1) is 12.1. The van der Waals surface area contributed by atoms with E-state index in [2.05, 4.69) is 22.1 Å². The molecule has 2 heterocycles. The van der Waals surface area contributed by atoms with E-state index in [9.17, 15) is 13.6 Å². The van der Waals surface area contributed by atoms with Crippen molar-refractivity contribution in [2.75, 3.05) is 38.0 Å². The number of amides is 1. The van der Waals surface area contributed by atoms with Gasteiger partial charge in [-0.15, -0.1) is 0 Å². The number of aromatic nitrogens is 1. The maximum Gasteiger partial charge on any atom is 0.255 e. The van der Waals surface area contributed by atoms with Crippen molar-refractivity contribution in [1.29, 1.82) is 0 Å². The predicted octanol–water partition coefficient (Wildman–Crippen LogP) is 2.88. The fraction of sp³-hybridized carbons (Fsp3) is 0.333. The largest absolute Gasteiger partial charge is 0.349 e. The van der Waals surface area contributed by atoms with Gasteiger partial charge in [-0.1, -0.05) is 13.0 Å². The number of nitrogens with one attached hydrogen (secondary N) is 1. The number of hydrogen-bond acceptors (Lipinski definition) is 4. The molecule has 1 aromatic heterocycles. The van der Waals surface area contributed by atoms with Crippen LogP contribution in [0.1, 0.15) is 17.3 Å². The molecule has 0 spiro atoms. The second kappa shape index (κ2) is 7.57. The summed E-state index contributed by atoms with van der Waals surface area (Å²) in [5.74, 6) is -1.53. The van der Waals surface area contributed by atoms with Gasteiger partial charge in [0, 0.05) is 32.4 Å². The third kappa shape index (κ3) is 3.93. The fourth-order valence-electron chi connectivity index (χ4n) is 2.84. The maximum atomic E-state index is 13.8. The standard InChI is InChI=1S/C18H20F2N4O/c1-2-23-6-8-24(9-7-23)18(25)13-10-14(12-21-11-13)22-17-15(19)4-3-5-16(17)20/h3-5,10-12,22H,2,6-9H2,1H3. The number of rotatable bonds is 4. The molecule has 0 saturated carbocycles. The van der Waals surface area contributed by atoms with Crippen LogP contribution in [0, 0.1) is 11.6 Å². The summed E-state index contributed by atoms with van der Waals surface area (Å²) < 4.78 is 27.5. The Kier molecular flexibility index (Phi) is 5.23. The minimum absolute atomic E-state index is 0.124. The van der Waals surface area contributed by atoms with Gasteiger partial charge in [0.15, 0.2) is 0 Å². The van der Waals surface area contributed by atoms with Gasteiger partial charge in [0.1, 0.15) is 17.3 Å². The number of likely N-dealkylation sites (N-methyl/N-ethyl adjacent to an activating group) is 1. The number of hydrogen-bond donors (Lipinski definition) is 1. The van der Waals surface area contributed by atoms with Gasteiger partial charge in [0.2, 0.25) is 0 Å². The van der Waals surface area contributed by atoms with Crippen LogP contribution < -0.4 is 5.32 Å². The van der Waals surface area contributed by atoms with Crippen LogP contribution in [0.5, 0.6) is 0 Å². The number of anilines is 2. The molecule has 2 aromatic rings. The van der Waals surface area contributed by atoms with Crippen LogP contribution in [0.4, 0.5) is 20.2 Å². The SMILES string of the molecule is CCN1CCN(C(=O)c2cncc(Nc3c(F)cccc3F)c2)CC1. The van der Waals surface area contributed by atoms with Crippen molar-refractivity contribution in [2.45, 2.75) is 6.92 Å². The number of para-hydroxylation sites is 1. The summed E-state index contributed by atoms with van der Waals surface area (Å²) in [7, 11) is 0. The summed E-state index contributed by atoms with van der Waals surface area (Å²) in [6.07, 6.45) is 2.90. The van der Waals surface area contributed by atoms with Gasteiger partial charge in [-0.05, 0) is 24.7 Å². The van der Waals surface area contributed by atoms with E-state index in [1.54, 1.807) is 11.0 Å². The lowest BCUT2D eigenvalue weighted by molar-refractivity contribution is 0.0643. The average Bonchev–Trinajstić information content (AvgIpc) is 2.64. The van der Waals surface area contributed by atoms with E-state index < -0.39 is 11.6 Å². The van der Waals surface area contributed by atoms with Crippen molar-refractivity contribution in [3.8, 4) is 0 Å². The van der Waals surface area contributed by atoms with Crippen LogP contribution in [0.3, 0.4) is 0 Å². The van der Waals surface area contributed by atoms with Crippen LogP contribution >= 0.6 is 0 Å². The molecule has 3 rings (SSSR count). The second-order valence-corrected chi connectivity index (χ2v) is 5.91. The van der Waals surface area contributed by atoms with Crippen molar-refractivity contribution in [3.63, 3.8) is 0 Å². The number of pyridine rings is 1. The first kappa shape index (κ1) is 17.3. The summed E-state index contributed by atoms with van der Waals surface area (Å²) in [5.41, 5.74) is 0.499. The molecule has 0 radical (unpaired) electrons. The summed E-state index contributed by atoms with van der Waals surface area (Å²) in [6.45, 7) is 6.07. The Morgan fingerprint density at radius 1 is 1.16 bits per heavy atom. The summed E-state index contributed by atoms with van der Waals surface area (Å²) in [6, 6.07) is 5.19. The van der Waals surface area contributed by atoms with Crippen molar-refractivity contribution in [3.05, 3.63) is 53.9 Å². The molecule has 0 aliphatic carbocycles. The lowest BCUT2D eigenvalue weighted by Crippen LogP contribution is -2.48. The van der Waals surface area contributed by atoms with Crippen LogP contribution in [0.15, 0.2) is 36.7 Å². The van der Waals surface area contributed by atoms with E-state index in [-0.39, 0.29) is 11.6 Å². The Labute approximate surface area is 145 Å². The molecule has 0 unspecified atom stereocenters. The number of benzene rings is 1. The normalized spacial score (nSPS) is 15.2. The summed E-state index contributed by atoms with van der Waals surface area (Å²) in [5, 5.41) is 2.66. The Morgan fingerprint density at radius 2 is 1.84 bits per heavy atom. The second-order valence-electron chi connectivity index (χ2n) is 5.91. The van der Waals surface area contributed by atoms with Crippen molar-refractivity contribution in [2.24, 2.45) is 0 Å². The topological polar surface area (TPSA) is 48.5 Å². The predicted molar refractivity (Wildman–Crippen MR) is 91.9 cm³/mol. The van der Waals surface area contributed by atoms with E-state index in [1.807, 2.05) is 0 Å². The molecular weight excluding hydrogens is 326 g/mol. The highest BCUT2D eigenvalue weighted by atomic mass is 19.1. The number of nitrogens with zero attached hydrogens (tertiary/aromatic N) is 3. The van der Waals surface area contributed by atoms with Crippen LogP contribution in [-0.2, 0) is 0 Å². The molecule has 0 bridgehead atoms. The molecule has 1 aromatic carbocycles. The zero-order valence-corrected chi connectivity index (χ0v) is 14.0. The van der Waals surface area contributed by atoms with E-state index in [4.69, 9.17) is 0 Å². The number of carbonyl (C=O) groups excluding carboxylic acids is 1. The molecule has 7 heteroatoms. The highest BCUT2D eigenvalue weighted by molar-refractivity contribution is 5.95. The third-order valence-corrected chi connectivity index (χ3v) is 4.32. The van der Waals surface area contributed by atoms with Crippen molar-refractivity contribution < 1.29 is 13.6 Å². The van der Waals surface area contributed by atoms with Gasteiger partial charge < -0.3 is 15.1 Å². The molecule has 132 valence electrons. The molecule has 1 saturated heterocycles. The van der Waals surface area contributed by atoms with Crippen LogP contribution in [0.25, 0.3) is 0 Å². The van der Waals surface area contributed by atoms with E-state index >= 15 is 0 Å². The minimum atomic E-state index is -0.701. The van der Waals surface area contributed by atoms with Crippen LogP contribution in [-0.4, -0.2) is 53.4 Å². The van der Waals surface area contributed by atoms with Crippen molar-refractivity contribution >= 4 is 17.3 Å². The fourth-order valence-corrected chi connectivity index (χ4v) is 2.84. The molecule has 1 aliphatic rings. The summed E-state index contributed by atoms with van der Waals surface area (Å²) >= 11 is 0. The van der Waals surface area contributed by atoms with Gasteiger partial charge in [-0.2, -0.15) is 0 Å². The van der Waals surface area contributed by atoms with E-state index in [0.29, 0.717) is 24.3 Å².